The van der Waals surface area contributed by atoms with Crippen molar-refractivity contribution < 1.29 is 14.3 Å². The molecule has 0 aliphatic carbocycles. The average molecular weight is 347 g/mol. The van der Waals surface area contributed by atoms with E-state index >= 15 is 0 Å². The zero-order chi connectivity index (χ0) is 18.3. The van der Waals surface area contributed by atoms with Gasteiger partial charge >= 0.3 is 6.09 Å². The summed E-state index contributed by atoms with van der Waals surface area (Å²) in [6.07, 6.45) is 0.724. The van der Waals surface area contributed by atoms with E-state index in [9.17, 15) is 9.59 Å². The highest BCUT2D eigenvalue weighted by Gasteiger charge is 2.23. The number of nitrogens with one attached hydrogen (secondary N) is 2. The molecule has 0 bridgehead atoms. The topological polar surface area (TPSA) is 70.7 Å². The number of carbonyl (C=O) groups is 2. The molecule has 1 aliphatic heterocycles. The average Bonchev–Trinajstić information content (AvgIpc) is 2.93. The summed E-state index contributed by atoms with van der Waals surface area (Å²) in [4.78, 5) is 25.9. The largest absolute Gasteiger partial charge is 0.444 e. The minimum atomic E-state index is -0.529. The van der Waals surface area contributed by atoms with Crippen LogP contribution in [0, 0.1) is 0 Å². The predicted molar refractivity (Wildman–Crippen MR) is 97.1 cm³/mol. The fourth-order valence-electron chi connectivity index (χ4n) is 2.83. The third-order valence-corrected chi connectivity index (χ3v) is 3.91. The highest BCUT2D eigenvalue weighted by Crippen LogP contribution is 2.13. The number of hydrogen-bond donors (Lipinski definition) is 2. The maximum absolute atomic E-state index is 12.0. The molecule has 25 heavy (non-hydrogen) atoms. The lowest BCUT2D eigenvalue weighted by Gasteiger charge is -2.19. The molecule has 6 heteroatoms. The Hall–Kier alpha value is -2.08. The van der Waals surface area contributed by atoms with Crippen molar-refractivity contribution in [1.29, 1.82) is 0 Å². The number of hydrogen-bond acceptors (Lipinski definition) is 4. The second-order valence-corrected chi connectivity index (χ2v) is 7.45. The normalized spacial score (nSPS) is 18.0. The van der Waals surface area contributed by atoms with Crippen molar-refractivity contribution in [3.05, 3.63) is 35.9 Å². The molecule has 1 aromatic carbocycles. The second kappa shape index (κ2) is 8.85. The van der Waals surface area contributed by atoms with Crippen molar-refractivity contribution >= 4 is 12.0 Å². The summed E-state index contributed by atoms with van der Waals surface area (Å²) in [6, 6.07) is 10.5. The smallest absolute Gasteiger partial charge is 0.407 e. The Morgan fingerprint density at radius 2 is 1.96 bits per heavy atom. The fourth-order valence-corrected chi connectivity index (χ4v) is 2.83. The molecular formula is C19H29N3O3. The van der Waals surface area contributed by atoms with Crippen molar-refractivity contribution in [3.8, 4) is 0 Å². The molecule has 2 N–H and O–H groups in total. The molecular weight excluding hydrogens is 318 g/mol. The van der Waals surface area contributed by atoms with E-state index in [1.54, 1.807) is 20.8 Å². The molecule has 1 atom stereocenters. The highest BCUT2D eigenvalue weighted by molar-refractivity contribution is 5.77. The number of likely N-dealkylation sites (tertiary alicyclic amines) is 1. The van der Waals surface area contributed by atoms with Gasteiger partial charge in [-0.1, -0.05) is 30.3 Å². The molecule has 0 aromatic heterocycles. The lowest BCUT2D eigenvalue weighted by atomic mass is 10.2. The molecule has 6 nitrogen and oxygen atoms in total. The van der Waals surface area contributed by atoms with Crippen LogP contribution < -0.4 is 10.6 Å². The molecule has 1 fully saturated rings. The molecule has 1 saturated heterocycles. The van der Waals surface area contributed by atoms with Crippen LogP contribution in [-0.2, 0) is 16.1 Å². The number of alkyl carbamates (subject to hydrolysis) is 1. The van der Waals surface area contributed by atoms with Gasteiger partial charge in [0.1, 0.15) is 5.60 Å². The molecule has 0 radical (unpaired) electrons. The summed E-state index contributed by atoms with van der Waals surface area (Å²) in [6.45, 7) is 8.45. The third-order valence-electron chi connectivity index (χ3n) is 3.91. The summed E-state index contributed by atoms with van der Waals surface area (Å²) in [5, 5.41) is 5.65. The van der Waals surface area contributed by atoms with Crippen molar-refractivity contribution in [1.82, 2.24) is 15.5 Å². The molecule has 2 amide bonds. The number of ether oxygens (including phenoxy) is 1. The molecule has 1 unspecified atom stereocenters. The van der Waals surface area contributed by atoms with Crippen LogP contribution in [0.3, 0.4) is 0 Å². The van der Waals surface area contributed by atoms with Gasteiger partial charge in [0.2, 0.25) is 5.91 Å². The lowest BCUT2D eigenvalue weighted by molar-refractivity contribution is -0.121. The lowest BCUT2D eigenvalue weighted by Crippen LogP contribution is -2.39. The van der Waals surface area contributed by atoms with Gasteiger partial charge in [-0.25, -0.2) is 4.79 Å². The molecule has 1 heterocycles. The first-order valence-corrected chi connectivity index (χ1v) is 8.84. The Bertz CT molecular complexity index is 569. The van der Waals surface area contributed by atoms with Crippen molar-refractivity contribution in [2.24, 2.45) is 0 Å². The zero-order valence-corrected chi connectivity index (χ0v) is 15.4. The van der Waals surface area contributed by atoms with E-state index in [2.05, 4.69) is 27.7 Å². The van der Waals surface area contributed by atoms with Crippen LogP contribution in [0.25, 0.3) is 0 Å². The maximum Gasteiger partial charge on any atom is 0.407 e. The van der Waals surface area contributed by atoms with E-state index in [0.717, 1.165) is 26.1 Å². The Morgan fingerprint density at radius 1 is 1.24 bits per heavy atom. The summed E-state index contributed by atoms with van der Waals surface area (Å²) < 4.78 is 5.14. The summed E-state index contributed by atoms with van der Waals surface area (Å²) >= 11 is 0. The van der Waals surface area contributed by atoms with Gasteiger partial charge in [0.15, 0.2) is 0 Å². The van der Waals surface area contributed by atoms with Crippen molar-refractivity contribution in [2.45, 2.75) is 51.8 Å². The Morgan fingerprint density at radius 3 is 2.64 bits per heavy atom. The summed E-state index contributed by atoms with van der Waals surface area (Å²) in [5.41, 5.74) is 0.759. The molecule has 2 rings (SSSR count). The molecule has 138 valence electrons. The number of nitrogens with zero attached hydrogens (tertiary/aromatic N) is 1. The first kappa shape index (κ1) is 19.2. The van der Waals surface area contributed by atoms with Gasteiger partial charge in [0.05, 0.1) is 0 Å². The van der Waals surface area contributed by atoms with Crippen LogP contribution >= 0.6 is 0 Å². The fraction of sp³-hybridized carbons (Fsp3) is 0.579. The second-order valence-electron chi connectivity index (χ2n) is 7.45. The minimum absolute atomic E-state index is 0.0392. The number of carbonyl (C=O) groups excluding carboxylic acids is 2. The van der Waals surface area contributed by atoms with Gasteiger partial charge in [-0.05, 0) is 32.8 Å². The molecule has 0 spiro atoms. The minimum Gasteiger partial charge on any atom is -0.444 e. The van der Waals surface area contributed by atoms with Crippen LogP contribution in [0.1, 0.15) is 39.2 Å². The van der Waals surface area contributed by atoms with E-state index in [1.165, 1.54) is 5.56 Å². The van der Waals surface area contributed by atoms with Crippen LogP contribution in [0.5, 0.6) is 0 Å². The van der Waals surface area contributed by atoms with E-state index < -0.39 is 11.7 Å². The monoisotopic (exact) mass is 347 g/mol. The quantitative estimate of drug-likeness (QED) is 0.828. The van der Waals surface area contributed by atoms with Gasteiger partial charge in [0, 0.05) is 38.6 Å². The summed E-state index contributed by atoms with van der Waals surface area (Å²) in [5.74, 6) is -0.0392. The standard InChI is InChI=1S/C19H29N3O3/c1-19(2,3)25-18(24)20-11-9-17(23)21-16-10-12-22(14-16)13-15-7-5-4-6-8-15/h4-8,16H,9-14H2,1-3H3,(H,20,24)(H,21,23). The van der Waals surface area contributed by atoms with Gasteiger partial charge < -0.3 is 15.4 Å². The number of amides is 2. The van der Waals surface area contributed by atoms with Crippen LogP contribution in [-0.4, -0.2) is 48.2 Å². The van der Waals surface area contributed by atoms with E-state index in [0.29, 0.717) is 0 Å². The number of rotatable bonds is 6. The Kier molecular flexibility index (Phi) is 6.82. The third kappa shape index (κ3) is 7.56. The highest BCUT2D eigenvalue weighted by atomic mass is 16.6. The van der Waals surface area contributed by atoms with E-state index in [4.69, 9.17) is 4.74 Å². The zero-order valence-electron chi connectivity index (χ0n) is 15.4. The van der Waals surface area contributed by atoms with E-state index in [1.807, 2.05) is 18.2 Å². The van der Waals surface area contributed by atoms with Gasteiger partial charge in [0.25, 0.3) is 0 Å². The van der Waals surface area contributed by atoms with Crippen molar-refractivity contribution in [2.75, 3.05) is 19.6 Å². The summed E-state index contributed by atoms with van der Waals surface area (Å²) in [7, 11) is 0. The SMILES string of the molecule is CC(C)(C)OC(=O)NCCC(=O)NC1CCN(Cc2ccccc2)C1. The Labute approximate surface area is 149 Å². The van der Waals surface area contributed by atoms with Crippen LogP contribution in [0.15, 0.2) is 30.3 Å². The first-order chi connectivity index (χ1) is 11.8. The van der Waals surface area contributed by atoms with Gasteiger partial charge in [-0.3, -0.25) is 9.69 Å². The van der Waals surface area contributed by atoms with Crippen molar-refractivity contribution in [3.63, 3.8) is 0 Å². The van der Waals surface area contributed by atoms with Gasteiger partial charge in [-0.15, -0.1) is 0 Å². The maximum atomic E-state index is 12.0. The van der Waals surface area contributed by atoms with Crippen LogP contribution in [0.2, 0.25) is 0 Å². The first-order valence-electron chi connectivity index (χ1n) is 8.84. The predicted octanol–water partition coefficient (Wildman–Crippen LogP) is 2.29. The molecule has 1 aromatic rings. The van der Waals surface area contributed by atoms with Crippen LogP contribution in [0.4, 0.5) is 4.79 Å². The van der Waals surface area contributed by atoms with Gasteiger partial charge in [-0.2, -0.15) is 0 Å². The number of benzene rings is 1. The van der Waals surface area contributed by atoms with E-state index in [-0.39, 0.29) is 24.9 Å². The molecule has 0 saturated carbocycles. The Balaban J connectivity index is 1.62. The molecule has 1 aliphatic rings.